The van der Waals surface area contributed by atoms with E-state index in [2.05, 4.69) is 5.32 Å². The molecule has 26 heavy (non-hydrogen) atoms. The average molecular weight is 388 g/mol. The second-order valence-corrected chi connectivity index (χ2v) is 6.76. The quantitative estimate of drug-likeness (QED) is 0.485. The highest BCUT2D eigenvalue weighted by atomic mass is 35.5. The Bertz CT molecular complexity index is 877. The summed E-state index contributed by atoms with van der Waals surface area (Å²) in [6, 6.07) is 19.8. The highest BCUT2D eigenvalue weighted by Gasteiger charge is 2.17. The Labute approximate surface area is 161 Å². The highest BCUT2D eigenvalue weighted by Crippen LogP contribution is 2.26. The van der Waals surface area contributed by atoms with Crippen LogP contribution < -0.4 is 5.32 Å². The van der Waals surface area contributed by atoms with Crippen LogP contribution in [0.3, 0.4) is 0 Å². The molecule has 0 aliphatic carbocycles. The fraction of sp³-hybridized carbons (Fsp3) is 0.0952. The predicted molar refractivity (Wildman–Crippen MR) is 105 cm³/mol. The minimum absolute atomic E-state index is 0.0301. The van der Waals surface area contributed by atoms with Gasteiger partial charge >= 0.3 is 0 Å². The van der Waals surface area contributed by atoms with Crippen molar-refractivity contribution in [3.8, 4) is 0 Å². The number of nitrogens with one attached hydrogen (secondary N) is 1. The molecule has 3 rings (SSSR count). The first-order valence-electron chi connectivity index (χ1n) is 8.07. The molecule has 0 fully saturated rings. The maximum Gasteiger partial charge on any atom is 0.165 e. The molecule has 0 aromatic heterocycles. The van der Waals surface area contributed by atoms with E-state index in [-0.39, 0.29) is 24.1 Å². The van der Waals surface area contributed by atoms with Crippen molar-refractivity contribution in [1.82, 2.24) is 0 Å². The molecular formula is C21H16Cl2FNO. The Kier molecular flexibility index (Phi) is 5.92. The van der Waals surface area contributed by atoms with Gasteiger partial charge in [0.1, 0.15) is 5.82 Å². The summed E-state index contributed by atoms with van der Waals surface area (Å²) in [6.07, 6.45) is 0.218. The third-order valence-corrected chi connectivity index (χ3v) is 4.52. The number of Topliss-reactive ketones (excluding diaryl/α,β-unsaturated/α-hetero) is 1. The molecule has 3 aromatic carbocycles. The lowest BCUT2D eigenvalue weighted by molar-refractivity contribution is 0.0976. The summed E-state index contributed by atoms with van der Waals surface area (Å²) >= 11 is 11.8. The van der Waals surface area contributed by atoms with E-state index in [1.807, 2.05) is 12.1 Å². The summed E-state index contributed by atoms with van der Waals surface area (Å²) in [4.78, 5) is 12.7. The van der Waals surface area contributed by atoms with Crippen LogP contribution in [-0.4, -0.2) is 5.78 Å². The van der Waals surface area contributed by atoms with Crippen LogP contribution in [-0.2, 0) is 0 Å². The Balaban J connectivity index is 1.84. The van der Waals surface area contributed by atoms with E-state index in [4.69, 9.17) is 23.2 Å². The van der Waals surface area contributed by atoms with Crippen molar-refractivity contribution >= 4 is 34.7 Å². The zero-order valence-corrected chi connectivity index (χ0v) is 15.3. The molecule has 0 saturated heterocycles. The highest BCUT2D eigenvalue weighted by molar-refractivity contribution is 6.31. The van der Waals surface area contributed by atoms with Crippen LogP contribution in [0.15, 0.2) is 72.8 Å². The largest absolute Gasteiger partial charge is 0.378 e. The van der Waals surface area contributed by atoms with Crippen LogP contribution in [0, 0.1) is 5.82 Å². The molecule has 1 atom stereocenters. The molecule has 1 N–H and O–H groups in total. The first kappa shape index (κ1) is 18.4. The fourth-order valence-electron chi connectivity index (χ4n) is 2.63. The number of ketones is 1. The van der Waals surface area contributed by atoms with Crippen LogP contribution in [0.2, 0.25) is 10.0 Å². The maximum atomic E-state index is 13.3. The molecular weight excluding hydrogens is 372 g/mol. The fourth-order valence-corrected chi connectivity index (χ4v) is 2.89. The van der Waals surface area contributed by atoms with Gasteiger partial charge in [0, 0.05) is 27.7 Å². The Hall–Kier alpha value is -2.36. The van der Waals surface area contributed by atoms with Crippen LogP contribution in [0.1, 0.15) is 28.4 Å². The molecule has 0 saturated carbocycles. The topological polar surface area (TPSA) is 29.1 Å². The minimum atomic E-state index is -0.317. The van der Waals surface area contributed by atoms with E-state index < -0.39 is 0 Å². The number of benzene rings is 3. The van der Waals surface area contributed by atoms with Crippen molar-refractivity contribution < 1.29 is 9.18 Å². The van der Waals surface area contributed by atoms with Gasteiger partial charge in [0.2, 0.25) is 0 Å². The monoisotopic (exact) mass is 387 g/mol. The van der Waals surface area contributed by atoms with Gasteiger partial charge in [0.25, 0.3) is 0 Å². The molecule has 132 valence electrons. The predicted octanol–water partition coefficient (Wildman–Crippen LogP) is 6.56. The van der Waals surface area contributed by atoms with Gasteiger partial charge in [-0.1, -0.05) is 35.3 Å². The molecule has 3 aromatic rings. The lowest BCUT2D eigenvalue weighted by Crippen LogP contribution is -2.16. The van der Waals surface area contributed by atoms with E-state index in [0.29, 0.717) is 15.6 Å². The summed E-state index contributed by atoms with van der Waals surface area (Å²) in [5.74, 6) is -0.347. The first-order chi connectivity index (χ1) is 12.5. The minimum Gasteiger partial charge on any atom is -0.378 e. The third-order valence-electron chi connectivity index (χ3n) is 4.01. The van der Waals surface area contributed by atoms with Crippen molar-refractivity contribution in [2.24, 2.45) is 0 Å². The molecule has 0 spiro atoms. The number of carbonyl (C=O) groups is 1. The van der Waals surface area contributed by atoms with Gasteiger partial charge in [0.15, 0.2) is 5.78 Å². The molecule has 0 bridgehead atoms. The van der Waals surface area contributed by atoms with Crippen LogP contribution in [0.5, 0.6) is 0 Å². The molecule has 5 heteroatoms. The van der Waals surface area contributed by atoms with Crippen molar-refractivity contribution in [3.05, 3.63) is 99.8 Å². The van der Waals surface area contributed by atoms with Gasteiger partial charge in [0.05, 0.1) is 6.04 Å². The summed E-state index contributed by atoms with van der Waals surface area (Å²) < 4.78 is 13.3. The number of anilines is 1. The van der Waals surface area contributed by atoms with Gasteiger partial charge in [-0.15, -0.1) is 0 Å². The van der Waals surface area contributed by atoms with Crippen molar-refractivity contribution in [2.45, 2.75) is 12.5 Å². The molecule has 0 unspecified atom stereocenters. The zero-order valence-electron chi connectivity index (χ0n) is 13.8. The Morgan fingerprint density at radius 2 is 1.38 bits per heavy atom. The van der Waals surface area contributed by atoms with E-state index in [1.54, 1.807) is 48.5 Å². The summed E-state index contributed by atoms with van der Waals surface area (Å²) in [7, 11) is 0. The lowest BCUT2D eigenvalue weighted by atomic mass is 9.97. The molecule has 2 nitrogen and oxygen atoms in total. The summed E-state index contributed by atoms with van der Waals surface area (Å²) in [6.45, 7) is 0. The normalized spacial score (nSPS) is 11.8. The van der Waals surface area contributed by atoms with Crippen molar-refractivity contribution in [1.29, 1.82) is 0 Å². The lowest BCUT2D eigenvalue weighted by Gasteiger charge is -2.20. The van der Waals surface area contributed by atoms with Crippen LogP contribution >= 0.6 is 23.2 Å². The van der Waals surface area contributed by atoms with Crippen molar-refractivity contribution in [3.63, 3.8) is 0 Å². The Morgan fingerprint density at radius 1 is 0.846 bits per heavy atom. The van der Waals surface area contributed by atoms with E-state index in [0.717, 1.165) is 11.3 Å². The van der Waals surface area contributed by atoms with Gasteiger partial charge in [-0.05, 0) is 66.2 Å². The number of rotatable bonds is 6. The van der Waals surface area contributed by atoms with Gasteiger partial charge in [-0.3, -0.25) is 4.79 Å². The van der Waals surface area contributed by atoms with Gasteiger partial charge < -0.3 is 5.32 Å². The van der Waals surface area contributed by atoms with Gasteiger partial charge in [-0.25, -0.2) is 4.39 Å². The second-order valence-electron chi connectivity index (χ2n) is 5.89. The standard InChI is InChI=1S/C21H16Cl2FNO/c22-16-5-1-15(2-6-16)21(26)13-20(14-3-9-18(24)10-4-14)25-19-11-7-17(23)8-12-19/h1-12,20,25H,13H2/t20-/m1/s1. The van der Waals surface area contributed by atoms with Gasteiger partial charge in [-0.2, -0.15) is 0 Å². The van der Waals surface area contributed by atoms with Crippen molar-refractivity contribution in [2.75, 3.05) is 5.32 Å². The molecule has 0 aliphatic rings. The summed E-state index contributed by atoms with van der Waals surface area (Å²) in [5, 5.41) is 4.54. The smallest absolute Gasteiger partial charge is 0.165 e. The number of hydrogen-bond acceptors (Lipinski definition) is 2. The SMILES string of the molecule is O=C(C[C@@H](Nc1ccc(Cl)cc1)c1ccc(F)cc1)c1ccc(Cl)cc1. The second kappa shape index (κ2) is 8.35. The molecule has 0 radical (unpaired) electrons. The van der Waals surface area contributed by atoms with Crippen LogP contribution in [0.25, 0.3) is 0 Å². The third kappa shape index (κ3) is 4.84. The number of halogens is 3. The zero-order chi connectivity index (χ0) is 18.5. The van der Waals surface area contributed by atoms with E-state index in [1.165, 1.54) is 12.1 Å². The summed E-state index contributed by atoms with van der Waals surface area (Å²) in [5.41, 5.74) is 2.23. The van der Waals surface area contributed by atoms with E-state index in [9.17, 15) is 9.18 Å². The molecule has 0 heterocycles. The molecule has 0 aliphatic heterocycles. The molecule has 0 amide bonds. The Morgan fingerprint density at radius 3 is 1.96 bits per heavy atom. The van der Waals surface area contributed by atoms with Crippen LogP contribution in [0.4, 0.5) is 10.1 Å². The number of hydrogen-bond donors (Lipinski definition) is 1. The maximum absolute atomic E-state index is 13.3. The first-order valence-corrected chi connectivity index (χ1v) is 8.83. The number of carbonyl (C=O) groups excluding carboxylic acids is 1. The van der Waals surface area contributed by atoms with E-state index >= 15 is 0 Å². The average Bonchev–Trinajstić information content (AvgIpc) is 2.64.